The van der Waals surface area contributed by atoms with Crippen LogP contribution >= 0.6 is 15.9 Å². The molecule has 1 aromatic heterocycles. The Hall–Kier alpha value is -3.97. The Morgan fingerprint density at radius 3 is 2.06 bits per heavy atom. The van der Waals surface area contributed by atoms with E-state index in [1.165, 1.54) is 7.11 Å². The number of methoxy groups -OCH3 is 1. The SMILES string of the molecule is CC(C)(C)OC(=O)N1CC(COC(F)F)C[C@H]1C(=O)O.COC(=O)N[C@H](C(=O)N1C[C@@H](COC(F)F)C[C@H]1c1ncc(-c2ccc(Br)cc2)[nH]1)C(C)C. The summed E-state index contributed by atoms with van der Waals surface area (Å²) in [7, 11) is 1.22. The van der Waals surface area contributed by atoms with Crippen LogP contribution in [0.4, 0.5) is 27.2 Å². The molecule has 2 saturated heterocycles. The fraction of sp³-hybridized carbons (Fsp3) is 0.618. The number of hydrogen-bond acceptors (Lipinski definition) is 9. The highest BCUT2D eigenvalue weighted by Gasteiger charge is 2.43. The molecule has 0 saturated carbocycles. The maximum atomic E-state index is 13.4. The monoisotopic (exact) mass is 823 g/mol. The van der Waals surface area contributed by atoms with Gasteiger partial charge in [-0.05, 0) is 57.2 Å². The lowest BCUT2D eigenvalue weighted by Gasteiger charge is -2.30. The van der Waals surface area contributed by atoms with Gasteiger partial charge in [-0.2, -0.15) is 17.6 Å². The Kier molecular flexibility index (Phi) is 15.9. The summed E-state index contributed by atoms with van der Waals surface area (Å²) in [6.45, 7) is 2.56. The molecule has 3 N–H and O–H groups in total. The summed E-state index contributed by atoms with van der Waals surface area (Å²) in [5.41, 5.74) is 0.931. The molecule has 1 unspecified atom stereocenters. The fourth-order valence-electron chi connectivity index (χ4n) is 5.92. The van der Waals surface area contributed by atoms with E-state index in [0.29, 0.717) is 12.2 Å². The second-order valence-electron chi connectivity index (χ2n) is 13.9. The number of nitrogens with one attached hydrogen (secondary N) is 2. The molecule has 0 bridgehead atoms. The standard InChI is InChI=1S/C22H27BrF2N4O4.C12H19F2NO5/c1-12(2)18(28-22(31)32-3)20(30)29-10-13(11-33-21(24)25)8-17(29)19-26-9-16(27-19)14-4-6-15(23)7-5-14;1-12(2,3)20-11(18)15-5-7(6-19-10(13)14)4-8(15)9(16)17/h4-7,9,12-13,17-18,21H,8,10-11H2,1-3H3,(H,26,27)(H,28,31);7-8,10H,4-6H2,1-3H3,(H,16,17)/t13-,17-,18-;7?,8-/m00/s1. The molecule has 53 heavy (non-hydrogen) atoms. The molecule has 3 amide bonds. The van der Waals surface area contributed by atoms with Gasteiger partial charge in [0.25, 0.3) is 0 Å². The number of aromatic nitrogens is 2. The van der Waals surface area contributed by atoms with Gasteiger partial charge in [0.1, 0.15) is 23.5 Å². The van der Waals surface area contributed by atoms with Gasteiger partial charge in [0.15, 0.2) is 0 Å². The van der Waals surface area contributed by atoms with E-state index in [1.807, 2.05) is 24.3 Å². The zero-order chi connectivity index (χ0) is 39.6. The van der Waals surface area contributed by atoms with Crippen LogP contribution in [0.15, 0.2) is 34.9 Å². The molecule has 14 nitrogen and oxygen atoms in total. The number of nitrogens with zero attached hydrogens (tertiary/aromatic N) is 3. The summed E-state index contributed by atoms with van der Waals surface area (Å²) in [5, 5.41) is 11.7. The van der Waals surface area contributed by atoms with Crippen LogP contribution in [-0.2, 0) is 28.5 Å². The summed E-state index contributed by atoms with van der Waals surface area (Å²) < 4.78 is 68.6. The molecule has 5 atom stereocenters. The molecule has 3 heterocycles. The third-order valence-electron chi connectivity index (χ3n) is 8.35. The van der Waals surface area contributed by atoms with Gasteiger partial charge >= 0.3 is 31.4 Å². The van der Waals surface area contributed by atoms with Crippen LogP contribution in [0.3, 0.4) is 0 Å². The molecule has 0 radical (unpaired) electrons. The molecule has 2 aliphatic heterocycles. The smallest absolute Gasteiger partial charge is 0.411 e. The Balaban J connectivity index is 0.000000324. The predicted octanol–water partition coefficient (Wildman–Crippen LogP) is 6.28. The van der Waals surface area contributed by atoms with Crippen LogP contribution in [0, 0.1) is 17.8 Å². The molecule has 2 aliphatic rings. The topological polar surface area (TPSA) is 173 Å². The first-order valence-electron chi connectivity index (χ1n) is 16.8. The Morgan fingerprint density at radius 2 is 1.55 bits per heavy atom. The summed E-state index contributed by atoms with van der Waals surface area (Å²) in [4.78, 5) is 58.6. The van der Waals surface area contributed by atoms with Crippen molar-refractivity contribution in [3.05, 3.63) is 40.8 Å². The number of rotatable bonds is 12. The third kappa shape index (κ3) is 13.1. The molecule has 4 rings (SSSR count). The predicted molar refractivity (Wildman–Crippen MR) is 185 cm³/mol. The number of H-pyrrole nitrogens is 1. The fourth-order valence-corrected chi connectivity index (χ4v) is 6.19. The van der Waals surface area contributed by atoms with Crippen LogP contribution < -0.4 is 5.32 Å². The molecule has 296 valence electrons. The molecular weight excluding hydrogens is 778 g/mol. The van der Waals surface area contributed by atoms with E-state index in [1.54, 1.807) is 45.7 Å². The van der Waals surface area contributed by atoms with Crippen molar-refractivity contribution in [2.45, 2.75) is 84.4 Å². The number of aromatic amines is 1. The molecular formula is C34H46BrF4N5O9. The lowest BCUT2D eigenvalue weighted by Crippen LogP contribution is -2.51. The first kappa shape index (κ1) is 43.4. The average molecular weight is 825 g/mol. The van der Waals surface area contributed by atoms with Gasteiger partial charge in [-0.15, -0.1) is 0 Å². The highest BCUT2D eigenvalue weighted by molar-refractivity contribution is 9.10. The molecule has 0 spiro atoms. The van der Waals surface area contributed by atoms with Crippen molar-refractivity contribution in [3.8, 4) is 11.3 Å². The van der Waals surface area contributed by atoms with Gasteiger partial charge < -0.3 is 39.3 Å². The Labute approximate surface area is 313 Å². The summed E-state index contributed by atoms with van der Waals surface area (Å²) in [6.07, 6.45) is 0.669. The minimum atomic E-state index is -2.91. The zero-order valence-electron chi connectivity index (χ0n) is 30.2. The minimum Gasteiger partial charge on any atom is -0.480 e. The number of amides is 3. The van der Waals surface area contributed by atoms with Crippen molar-refractivity contribution < 1.29 is 60.8 Å². The lowest BCUT2D eigenvalue weighted by atomic mass is 10.0. The number of ether oxygens (including phenoxy) is 4. The number of carbonyl (C=O) groups excluding carboxylic acids is 3. The van der Waals surface area contributed by atoms with E-state index in [-0.39, 0.29) is 50.5 Å². The highest BCUT2D eigenvalue weighted by atomic mass is 79.9. The number of likely N-dealkylation sites (tertiary alicyclic amines) is 2. The van der Waals surface area contributed by atoms with Gasteiger partial charge in [0.05, 0.1) is 38.3 Å². The second kappa shape index (κ2) is 19.4. The average Bonchev–Trinajstić information content (AvgIpc) is 3.83. The number of carboxylic acid groups (broad SMARTS) is 1. The van der Waals surface area contributed by atoms with E-state index >= 15 is 0 Å². The van der Waals surface area contributed by atoms with Crippen molar-refractivity contribution in [2.24, 2.45) is 17.8 Å². The molecule has 2 fully saturated rings. The normalized spacial score (nSPS) is 20.7. The molecule has 0 aliphatic carbocycles. The first-order valence-corrected chi connectivity index (χ1v) is 17.6. The van der Waals surface area contributed by atoms with Crippen molar-refractivity contribution in [2.75, 3.05) is 33.4 Å². The molecule has 19 heteroatoms. The third-order valence-corrected chi connectivity index (χ3v) is 8.87. The summed E-state index contributed by atoms with van der Waals surface area (Å²) in [5.74, 6) is -1.94. The maximum Gasteiger partial charge on any atom is 0.411 e. The van der Waals surface area contributed by atoms with Crippen LogP contribution in [0.1, 0.15) is 59.3 Å². The number of carboxylic acids is 1. The van der Waals surface area contributed by atoms with Gasteiger partial charge in [-0.25, -0.2) is 19.4 Å². The lowest BCUT2D eigenvalue weighted by molar-refractivity contribution is -0.142. The molecule has 1 aromatic carbocycles. The van der Waals surface area contributed by atoms with Crippen LogP contribution in [0.2, 0.25) is 0 Å². The minimum absolute atomic E-state index is 0.0264. The van der Waals surface area contributed by atoms with E-state index in [4.69, 9.17) is 9.84 Å². The number of alkyl halides is 4. The summed E-state index contributed by atoms with van der Waals surface area (Å²) in [6, 6.07) is 5.27. The number of hydrogen-bond donors (Lipinski definition) is 3. The van der Waals surface area contributed by atoms with E-state index in [9.17, 15) is 36.7 Å². The van der Waals surface area contributed by atoms with Gasteiger partial charge in [-0.1, -0.05) is 41.9 Å². The Bertz CT molecular complexity index is 1530. The van der Waals surface area contributed by atoms with Crippen LogP contribution in [0.25, 0.3) is 11.3 Å². The van der Waals surface area contributed by atoms with E-state index in [2.05, 4.69) is 45.4 Å². The van der Waals surface area contributed by atoms with Crippen molar-refractivity contribution in [3.63, 3.8) is 0 Å². The number of aliphatic carboxylic acids is 1. The Morgan fingerprint density at radius 1 is 0.981 bits per heavy atom. The number of benzene rings is 1. The van der Waals surface area contributed by atoms with E-state index in [0.717, 1.165) is 20.6 Å². The van der Waals surface area contributed by atoms with E-state index < -0.39 is 61.0 Å². The first-order chi connectivity index (χ1) is 24.8. The number of imidazole rings is 1. The highest BCUT2D eigenvalue weighted by Crippen LogP contribution is 2.36. The second-order valence-corrected chi connectivity index (χ2v) is 14.8. The quantitative estimate of drug-likeness (QED) is 0.207. The number of carbonyl (C=O) groups is 4. The van der Waals surface area contributed by atoms with Gasteiger partial charge in [0, 0.05) is 29.4 Å². The maximum absolute atomic E-state index is 13.4. The van der Waals surface area contributed by atoms with Crippen molar-refractivity contribution >= 4 is 40.0 Å². The van der Waals surface area contributed by atoms with Crippen LogP contribution in [0.5, 0.6) is 0 Å². The van der Waals surface area contributed by atoms with Gasteiger partial charge in [0.2, 0.25) is 5.91 Å². The zero-order valence-corrected chi connectivity index (χ0v) is 31.8. The molecule has 2 aromatic rings. The number of halogens is 5. The largest absolute Gasteiger partial charge is 0.480 e. The van der Waals surface area contributed by atoms with Crippen molar-refractivity contribution in [1.29, 1.82) is 0 Å². The van der Waals surface area contributed by atoms with Crippen molar-refractivity contribution in [1.82, 2.24) is 25.1 Å². The van der Waals surface area contributed by atoms with Gasteiger partial charge in [-0.3, -0.25) is 9.69 Å². The summed E-state index contributed by atoms with van der Waals surface area (Å²) >= 11 is 3.41. The number of alkyl carbamates (subject to hydrolysis) is 1. The van der Waals surface area contributed by atoms with Crippen LogP contribution in [-0.4, -0.2) is 113 Å².